The quantitative estimate of drug-likeness (QED) is 0.871. The number of nitrogens with zero attached hydrogens (tertiary/aromatic N) is 1. The second kappa shape index (κ2) is 5.88. The van der Waals surface area contributed by atoms with Gasteiger partial charge in [0.25, 0.3) is 0 Å². The molecule has 0 aliphatic rings. The van der Waals surface area contributed by atoms with E-state index in [0.29, 0.717) is 5.69 Å². The first kappa shape index (κ1) is 15.5. The summed E-state index contributed by atoms with van der Waals surface area (Å²) >= 11 is 1.36. The van der Waals surface area contributed by atoms with Crippen LogP contribution in [0.2, 0.25) is 0 Å². The number of carboxylic acids is 1. The van der Waals surface area contributed by atoms with E-state index in [1.807, 2.05) is 0 Å². The van der Waals surface area contributed by atoms with Crippen molar-refractivity contribution in [1.29, 1.82) is 0 Å². The van der Waals surface area contributed by atoms with Crippen molar-refractivity contribution in [2.75, 3.05) is 0 Å². The molecule has 0 aliphatic heterocycles. The predicted octanol–water partition coefficient (Wildman–Crippen LogP) is 1.77. The Hall–Kier alpha value is -1.84. The van der Waals surface area contributed by atoms with Crippen molar-refractivity contribution in [3.8, 4) is 0 Å². The average Bonchev–Trinajstić information content (AvgIpc) is 2.82. The number of hydrogen-bond acceptors (Lipinski definition) is 5. The van der Waals surface area contributed by atoms with Gasteiger partial charge in [0, 0.05) is 5.38 Å². The molecule has 0 fully saturated rings. The normalized spacial score (nSPS) is 11.5. The zero-order chi connectivity index (χ0) is 15.6. The maximum atomic E-state index is 13.6. The van der Waals surface area contributed by atoms with Crippen LogP contribution in [0.4, 0.5) is 4.39 Å². The van der Waals surface area contributed by atoms with Crippen LogP contribution in [0.5, 0.6) is 0 Å². The molecule has 21 heavy (non-hydrogen) atoms. The van der Waals surface area contributed by atoms with Crippen molar-refractivity contribution >= 4 is 27.3 Å². The van der Waals surface area contributed by atoms with Crippen LogP contribution in [-0.4, -0.2) is 24.5 Å². The van der Waals surface area contributed by atoms with Crippen LogP contribution in [-0.2, 0) is 16.6 Å². The van der Waals surface area contributed by atoms with Crippen molar-refractivity contribution in [2.24, 2.45) is 0 Å². The van der Waals surface area contributed by atoms with E-state index in [1.165, 1.54) is 11.3 Å². The van der Waals surface area contributed by atoms with Gasteiger partial charge in [-0.2, -0.15) is 0 Å². The zero-order valence-electron chi connectivity index (χ0n) is 10.8. The molecule has 112 valence electrons. The fourth-order valence-corrected chi connectivity index (χ4v) is 3.29. The van der Waals surface area contributed by atoms with Crippen LogP contribution >= 0.6 is 11.3 Å². The first-order chi connectivity index (χ1) is 9.79. The molecule has 2 aromatic rings. The standard InChI is InChI=1S/C12H11FN2O4S2/c1-7-15-9(6-20-7)5-14-21(18,19)11-4-8(12(16)17)2-3-10(11)13/h2-4,6,14H,5H2,1H3,(H,16,17). The van der Waals surface area contributed by atoms with E-state index in [-0.39, 0.29) is 12.1 Å². The van der Waals surface area contributed by atoms with Crippen molar-refractivity contribution in [1.82, 2.24) is 9.71 Å². The fraction of sp³-hybridized carbons (Fsp3) is 0.167. The number of rotatable bonds is 5. The lowest BCUT2D eigenvalue weighted by Gasteiger charge is -2.07. The lowest BCUT2D eigenvalue weighted by Crippen LogP contribution is -2.24. The minimum Gasteiger partial charge on any atom is -0.478 e. The topological polar surface area (TPSA) is 96.4 Å². The molecular formula is C12H11FN2O4S2. The van der Waals surface area contributed by atoms with Crippen LogP contribution < -0.4 is 4.72 Å². The molecule has 2 N–H and O–H groups in total. The molecule has 0 saturated heterocycles. The maximum absolute atomic E-state index is 13.6. The van der Waals surface area contributed by atoms with E-state index in [4.69, 9.17) is 5.11 Å². The highest BCUT2D eigenvalue weighted by atomic mass is 32.2. The Kier molecular flexibility index (Phi) is 4.35. The van der Waals surface area contributed by atoms with Gasteiger partial charge in [0.05, 0.1) is 22.8 Å². The number of aromatic nitrogens is 1. The Morgan fingerprint density at radius 2 is 2.19 bits per heavy atom. The molecule has 6 nitrogen and oxygen atoms in total. The summed E-state index contributed by atoms with van der Waals surface area (Å²) in [6.07, 6.45) is 0. The Morgan fingerprint density at radius 3 is 2.76 bits per heavy atom. The summed E-state index contributed by atoms with van der Waals surface area (Å²) < 4.78 is 39.9. The lowest BCUT2D eigenvalue weighted by molar-refractivity contribution is 0.0696. The van der Waals surface area contributed by atoms with Crippen molar-refractivity contribution in [3.05, 3.63) is 45.7 Å². The molecule has 0 spiro atoms. The number of nitrogens with one attached hydrogen (secondary N) is 1. The van der Waals surface area contributed by atoms with Crippen LogP contribution in [0.15, 0.2) is 28.5 Å². The van der Waals surface area contributed by atoms with Crippen LogP contribution in [0.3, 0.4) is 0 Å². The van der Waals surface area contributed by atoms with Gasteiger partial charge in [0.2, 0.25) is 10.0 Å². The van der Waals surface area contributed by atoms with Gasteiger partial charge in [-0.1, -0.05) is 0 Å². The SMILES string of the molecule is Cc1nc(CNS(=O)(=O)c2cc(C(=O)O)ccc2F)cs1. The van der Waals surface area contributed by atoms with E-state index in [1.54, 1.807) is 12.3 Å². The third kappa shape index (κ3) is 3.63. The molecular weight excluding hydrogens is 319 g/mol. The highest BCUT2D eigenvalue weighted by Gasteiger charge is 2.21. The second-order valence-corrected chi connectivity index (χ2v) is 6.93. The van der Waals surface area contributed by atoms with Crippen LogP contribution in [0.1, 0.15) is 21.1 Å². The minimum absolute atomic E-state index is 0.0938. The molecule has 0 unspecified atom stereocenters. The predicted molar refractivity (Wildman–Crippen MR) is 74.2 cm³/mol. The summed E-state index contributed by atoms with van der Waals surface area (Å²) in [6, 6.07) is 2.60. The fourth-order valence-electron chi connectivity index (χ4n) is 1.58. The smallest absolute Gasteiger partial charge is 0.335 e. The monoisotopic (exact) mass is 330 g/mol. The third-order valence-corrected chi connectivity index (χ3v) is 4.82. The van der Waals surface area contributed by atoms with Gasteiger partial charge in [-0.3, -0.25) is 0 Å². The van der Waals surface area contributed by atoms with Crippen LogP contribution in [0, 0.1) is 12.7 Å². The molecule has 0 saturated carbocycles. The van der Waals surface area contributed by atoms with E-state index in [9.17, 15) is 17.6 Å². The summed E-state index contributed by atoms with van der Waals surface area (Å²) in [5, 5.41) is 11.3. The number of benzene rings is 1. The Morgan fingerprint density at radius 1 is 1.48 bits per heavy atom. The summed E-state index contributed by atoms with van der Waals surface area (Å²) in [5.41, 5.74) is 0.206. The van der Waals surface area contributed by atoms with Gasteiger partial charge < -0.3 is 5.11 Å². The summed E-state index contributed by atoms with van der Waals surface area (Å²) in [4.78, 5) is 14.2. The highest BCUT2D eigenvalue weighted by molar-refractivity contribution is 7.89. The number of halogens is 1. The van der Waals surface area contributed by atoms with Crippen molar-refractivity contribution in [2.45, 2.75) is 18.4 Å². The average molecular weight is 330 g/mol. The first-order valence-corrected chi connectivity index (χ1v) is 8.09. The highest BCUT2D eigenvalue weighted by Crippen LogP contribution is 2.17. The number of hydrogen-bond donors (Lipinski definition) is 2. The third-order valence-electron chi connectivity index (χ3n) is 2.58. The van der Waals surface area contributed by atoms with E-state index < -0.39 is 26.7 Å². The lowest BCUT2D eigenvalue weighted by atomic mass is 10.2. The Balaban J connectivity index is 2.26. The molecule has 2 rings (SSSR count). The van der Waals surface area contributed by atoms with E-state index in [2.05, 4.69) is 9.71 Å². The molecule has 1 heterocycles. The molecule has 1 aromatic carbocycles. The van der Waals surface area contributed by atoms with Gasteiger partial charge in [-0.05, 0) is 25.1 Å². The first-order valence-electron chi connectivity index (χ1n) is 5.73. The molecule has 9 heteroatoms. The maximum Gasteiger partial charge on any atom is 0.335 e. The van der Waals surface area contributed by atoms with Crippen molar-refractivity contribution < 1.29 is 22.7 Å². The molecule has 0 bridgehead atoms. The van der Waals surface area contributed by atoms with Gasteiger partial charge in [0.15, 0.2) is 0 Å². The molecule has 0 radical (unpaired) electrons. The van der Waals surface area contributed by atoms with Gasteiger partial charge in [-0.25, -0.2) is 27.3 Å². The largest absolute Gasteiger partial charge is 0.478 e. The Labute approximate surface area is 124 Å². The summed E-state index contributed by atoms with van der Waals surface area (Å²) in [7, 11) is -4.16. The number of thiazole rings is 1. The molecule has 0 amide bonds. The number of carboxylic acid groups (broad SMARTS) is 1. The number of aryl methyl sites for hydroxylation is 1. The molecule has 1 aromatic heterocycles. The Bertz CT molecular complexity index is 786. The number of carbonyl (C=O) groups is 1. The van der Waals surface area contributed by atoms with Gasteiger partial charge in [-0.15, -0.1) is 11.3 Å². The summed E-state index contributed by atoms with van der Waals surface area (Å²) in [6.45, 7) is 1.68. The van der Waals surface area contributed by atoms with Gasteiger partial charge >= 0.3 is 5.97 Å². The molecule has 0 atom stereocenters. The number of sulfonamides is 1. The minimum atomic E-state index is -4.16. The number of aromatic carboxylic acids is 1. The zero-order valence-corrected chi connectivity index (χ0v) is 12.5. The molecule has 0 aliphatic carbocycles. The van der Waals surface area contributed by atoms with Crippen molar-refractivity contribution in [3.63, 3.8) is 0 Å². The second-order valence-electron chi connectivity index (χ2n) is 4.13. The van der Waals surface area contributed by atoms with Gasteiger partial charge in [0.1, 0.15) is 10.7 Å². The van der Waals surface area contributed by atoms with E-state index in [0.717, 1.165) is 23.2 Å². The van der Waals surface area contributed by atoms with Crippen LogP contribution in [0.25, 0.3) is 0 Å². The summed E-state index contributed by atoms with van der Waals surface area (Å²) in [5.74, 6) is -2.34. The van der Waals surface area contributed by atoms with E-state index >= 15 is 0 Å².